The first-order valence-electron chi connectivity index (χ1n) is 8.74. The lowest BCUT2D eigenvalue weighted by Crippen LogP contribution is -2.26. The van der Waals surface area contributed by atoms with Gasteiger partial charge >= 0.3 is 5.63 Å². The zero-order valence-corrected chi connectivity index (χ0v) is 16.8. The number of hydrogen-bond donors (Lipinski definition) is 2. The molecule has 0 amide bonds. The van der Waals surface area contributed by atoms with Gasteiger partial charge in [0.15, 0.2) is 5.13 Å². The van der Waals surface area contributed by atoms with E-state index >= 15 is 0 Å². The maximum atomic E-state index is 13.5. The number of ether oxygens (including phenoxy) is 1. The minimum atomic E-state index is -0.817. The number of aliphatic hydroxyl groups excluding tert-OH is 1. The first kappa shape index (κ1) is 19.6. The van der Waals surface area contributed by atoms with Crippen molar-refractivity contribution >= 4 is 49.3 Å². The highest BCUT2D eigenvalue weighted by molar-refractivity contribution is 7.22. The summed E-state index contributed by atoms with van der Waals surface area (Å²) in [4.78, 5) is 15.8. The van der Waals surface area contributed by atoms with Gasteiger partial charge in [-0.2, -0.15) is 0 Å². The second-order valence-electron chi connectivity index (χ2n) is 6.51. The molecule has 0 aliphatic heterocycles. The molecule has 2 heterocycles. The number of nitrogens with one attached hydrogen (secondary N) is 1. The molecule has 0 fully saturated rings. The summed E-state index contributed by atoms with van der Waals surface area (Å²) in [6.45, 7) is 2.05. The van der Waals surface area contributed by atoms with Gasteiger partial charge in [0.05, 0.1) is 15.2 Å². The van der Waals surface area contributed by atoms with Gasteiger partial charge in [-0.3, -0.25) is 0 Å². The van der Waals surface area contributed by atoms with Gasteiger partial charge in [-0.15, -0.1) is 0 Å². The van der Waals surface area contributed by atoms with Crippen molar-refractivity contribution in [1.29, 1.82) is 0 Å². The van der Waals surface area contributed by atoms with Crippen molar-refractivity contribution in [3.8, 4) is 5.75 Å². The van der Waals surface area contributed by atoms with E-state index in [0.29, 0.717) is 26.7 Å². The van der Waals surface area contributed by atoms with Gasteiger partial charge in [-0.1, -0.05) is 22.9 Å². The second kappa shape index (κ2) is 7.98. The molecule has 0 aliphatic rings. The third-order valence-corrected chi connectivity index (χ3v) is 5.55. The number of aromatic nitrogens is 1. The van der Waals surface area contributed by atoms with Crippen molar-refractivity contribution in [2.75, 3.05) is 18.5 Å². The molecule has 0 aliphatic carbocycles. The minimum Gasteiger partial charge on any atom is -0.491 e. The fraction of sp³-hybridized carbons (Fsp3) is 0.200. The molecule has 1 unspecified atom stereocenters. The van der Waals surface area contributed by atoms with Crippen LogP contribution in [0.3, 0.4) is 0 Å². The number of rotatable bonds is 6. The third-order valence-electron chi connectivity index (χ3n) is 4.28. The Bertz CT molecular complexity index is 1220. The van der Waals surface area contributed by atoms with Crippen LogP contribution in [-0.4, -0.2) is 29.3 Å². The van der Waals surface area contributed by atoms with Gasteiger partial charge in [0.1, 0.15) is 29.9 Å². The summed E-state index contributed by atoms with van der Waals surface area (Å²) in [5, 5.41) is 14.6. The summed E-state index contributed by atoms with van der Waals surface area (Å²) in [7, 11) is 0. The van der Waals surface area contributed by atoms with Crippen LogP contribution in [0.15, 0.2) is 45.6 Å². The van der Waals surface area contributed by atoms with Crippen LogP contribution in [0.25, 0.3) is 21.2 Å². The van der Waals surface area contributed by atoms with Crippen molar-refractivity contribution in [3.63, 3.8) is 0 Å². The molecule has 0 bridgehead atoms. The predicted octanol–water partition coefficient (Wildman–Crippen LogP) is 4.36. The average Bonchev–Trinajstić information content (AvgIpc) is 3.06. The molecule has 0 saturated carbocycles. The number of halogens is 2. The number of aryl methyl sites for hydroxylation is 1. The van der Waals surface area contributed by atoms with E-state index in [-0.39, 0.29) is 18.2 Å². The monoisotopic (exact) mass is 434 g/mol. The number of hydrogen-bond acceptors (Lipinski definition) is 7. The van der Waals surface area contributed by atoms with Crippen LogP contribution in [0.2, 0.25) is 5.02 Å². The van der Waals surface area contributed by atoms with Crippen LogP contribution in [0.4, 0.5) is 9.52 Å². The quantitative estimate of drug-likeness (QED) is 0.439. The normalized spacial score (nSPS) is 12.4. The van der Waals surface area contributed by atoms with Gasteiger partial charge in [0, 0.05) is 24.1 Å². The lowest BCUT2D eigenvalue weighted by atomic mass is 10.1. The summed E-state index contributed by atoms with van der Waals surface area (Å²) < 4.78 is 25.0. The van der Waals surface area contributed by atoms with Crippen LogP contribution in [-0.2, 0) is 0 Å². The Kier molecular flexibility index (Phi) is 5.40. The maximum absolute atomic E-state index is 13.5. The average molecular weight is 435 g/mol. The molecule has 29 heavy (non-hydrogen) atoms. The van der Waals surface area contributed by atoms with Gasteiger partial charge in [-0.05, 0) is 36.8 Å². The molecule has 4 rings (SSSR count). The molecule has 2 N–H and O–H groups in total. The minimum absolute atomic E-state index is 0.0178. The van der Waals surface area contributed by atoms with Gasteiger partial charge in [0.25, 0.3) is 0 Å². The van der Waals surface area contributed by atoms with E-state index in [1.165, 1.54) is 29.5 Å². The second-order valence-corrected chi connectivity index (χ2v) is 7.94. The van der Waals surface area contributed by atoms with E-state index in [0.717, 1.165) is 10.9 Å². The summed E-state index contributed by atoms with van der Waals surface area (Å²) in [6.07, 6.45) is -0.817. The van der Waals surface area contributed by atoms with Crippen LogP contribution >= 0.6 is 22.9 Å². The molecule has 0 saturated heterocycles. The first-order valence-corrected chi connectivity index (χ1v) is 9.93. The Hall–Kier alpha value is -2.68. The molecule has 0 spiro atoms. The Morgan fingerprint density at radius 2 is 2.17 bits per heavy atom. The van der Waals surface area contributed by atoms with Gasteiger partial charge < -0.3 is 19.6 Å². The third kappa shape index (κ3) is 4.34. The van der Waals surface area contributed by atoms with E-state index in [9.17, 15) is 14.3 Å². The van der Waals surface area contributed by atoms with Crippen LogP contribution in [0.5, 0.6) is 5.75 Å². The molecule has 0 radical (unpaired) electrons. The molecule has 2 aromatic carbocycles. The number of aliphatic hydroxyl groups is 1. The van der Waals surface area contributed by atoms with E-state index in [2.05, 4.69) is 10.3 Å². The maximum Gasteiger partial charge on any atom is 0.336 e. The smallest absolute Gasteiger partial charge is 0.336 e. The highest BCUT2D eigenvalue weighted by Gasteiger charge is 2.11. The van der Waals surface area contributed by atoms with E-state index in [1.807, 2.05) is 6.92 Å². The van der Waals surface area contributed by atoms with Gasteiger partial charge in [0.2, 0.25) is 0 Å². The van der Waals surface area contributed by atoms with Crippen molar-refractivity contribution in [1.82, 2.24) is 4.98 Å². The Balaban J connectivity index is 1.37. The lowest BCUT2D eigenvalue weighted by molar-refractivity contribution is 0.117. The SMILES string of the molecule is Cc1cc(=O)oc2cc(OCC(O)CNc3nc4cc(Cl)c(F)cc4s3)ccc12. The number of thiazole rings is 1. The summed E-state index contributed by atoms with van der Waals surface area (Å²) in [6, 6.07) is 9.41. The lowest BCUT2D eigenvalue weighted by Gasteiger charge is -2.13. The summed E-state index contributed by atoms with van der Waals surface area (Å²) in [5.41, 5.74) is 1.42. The Labute approximate surface area is 173 Å². The van der Waals surface area contributed by atoms with E-state index in [4.69, 9.17) is 20.8 Å². The highest BCUT2D eigenvalue weighted by atomic mass is 35.5. The Morgan fingerprint density at radius 1 is 1.34 bits per heavy atom. The summed E-state index contributed by atoms with van der Waals surface area (Å²) in [5.74, 6) is -0.0142. The number of benzene rings is 2. The largest absolute Gasteiger partial charge is 0.491 e. The molecule has 4 aromatic rings. The van der Waals surface area contributed by atoms with Crippen molar-refractivity contribution in [3.05, 3.63) is 63.2 Å². The molecule has 150 valence electrons. The fourth-order valence-electron chi connectivity index (χ4n) is 2.85. The zero-order chi connectivity index (χ0) is 20.5. The molecular formula is C20H16ClFN2O4S. The predicted molar refractivity (Wildman–Crippen MR) is 112 cm³/mol. The van der Waals surface area contributed by atoms with E-state index < -0.39 is 17.5 Å². The molecular weight excluding hydrogens is 419 g/mol. The highest BCUT2D eigenvalue weighted by Crippen LogP contribution is 2.30. The molecule has 1 atom stereocenters. The standard InChI is InChI=1S/C20H16ClFN2O4S/c1-10-4-19(26)28-17-5-12(2-3-13(10)17)27-9-11(25)8-23-20-24-16-6-14(21)15(22)7-18(16)29-20/h2-7,11,25H,8-9H2,1H3,(H,23,24). The number of anilines is 1. The zero-order valence-electron chi connectivity index (χ0n) is 15.2. The fourth-order valence-corrected chi connectivity index (χ4v) is 3.89. The summed E-state index contributed by atoms with van der Waals surface area (Å²) >= 11 is 7.03. The Morgan fingerprint density at radius 3 is 3.00 bits per heavy atom. The number of nitrogens with zero attached hydrogens (tertiary/aromatic N) is 1. The topological polar surface area (TPSA) is 84.6 Å². The molecule has 9 heteroatoms. The van der Waals surface area contributed by atoms with Crippen LogP contribution < -0.4 is 15.7 Å². The van der Waals surface area contributed by atoms with E-state index in [1.54, 1.807) is 18.2 Å². The van der Waals surface area contributed by atoms with Gasteiger partial charge in [-0.25, -0.2) is 14.2 Å². The first-order chi connectivity index (χ1) is 13.9. The molecule has 6 nitrogen and oxygen atoms in total. The molecule has 2 aromatic heterocycles. The van der Waals surface area contributed by atoms with Crippen molar-refractivity contribution in [2.24, 2.45) is 0 Å². The van der Waals surface area contributed by atoms with Crippen molar-refractivity contribution in [2.45, 2.75) is 13.0 Å². The van der Waals surface area contributed by atoms with Crippen LogP contribution in [0, 0.1) is 12.7 Å². The number of fused-ring (bicyclic) bond motifs is 2. The van der Waals surface area contributed by atoms with Crippen molar-refractivity contribution < 1.29 is 18.7 Å². The van der Waals surface area contributed by atoms with Crippen LogP contribution in [0.1, 0.15) is 5.56 Å².